The van der Waals surface area contributed by atoms with Gasteiger partial charge in [-0.3, -0.25) is 9.59 Å². The van der Waals surface area contributed by atoms with E-state index >= 15 is 0 Å². The minimum Gasteiger partial charge on any atom is -0.497 e. The van der Waals surface area contributed by atoms with Crippen LogP contribution in [0.1, 0.15) is 48.9 Å². The van der Waals surface area contributed by atoms with E-state index in [1.807, 2.05) is 0 Å². The van der Waals surface area contributed by atoms with Crippen LogP contribution in [0.15, 0.2) is 24.3 Å². The average Bonchev–Trinajstić information content (AvgIpc) is 2.91. The number of hydrogen-bond acceptors (Lipinski definition) is 4. The van der Waals surface area contributed by atoms with Crippen molar-refractivity contribution in [3.63, 3.8) is 0 Å². The highest BCUT2D eigenvalue weighted by Gasteiger charge is 2.33. The Morgan fingerprint density at radius 3 is 2.39 bits per heavy atom. The van der Waals surface area contributed by atoms with Crippen molar-refractivity contribution in [3.8, 4) is 5.75 Å². The average molecular weight is 316 g/mol. The van der Waals surface area contributed by atoms with Gasteiger partial charge in [0.15, 0.2) is 5.78 Å². The zero-order chi connectivity index (χ0) is 16.2. The van der Waals surface area contributed by atoms with Crippen molar-refractivity contribution >= 4 is 11.7 Å². The maximum Gasteiger partial charge on any atom is 0.220 e. The van der Waals surface area contributed by atoms with E-state index < -0.39 is 0 Å². The highest BCUT2D eigenvalue weighted by molar-refractivity contribution is 5.98. The Bertz CT molecular complexity index is 558. The molecule has 2 aliphatic rings. The largest absolute Gasteiger partial charge is 0.497 e. The lowest BCUT2D eigenvalue weighted by Gasteiger charge is -2.29. The van der Waals surface area contributed by atoms with Gasteiger partial charge in [-0.05, 0) is 49.9 Å². The Morgan fingerprint density at radius 2 is 1.78 bits per heavy atom. The maximum absolute atomic E-state index is 12.1. The molecule has 0 saturated carbocycles. The molecule has 2 N–H and O–H groups in total. The summed E-state index contributed by atoms with van der Waals surface area (Å²) < 4.78 is 5.07. The molecule has 1 amide bonds. The van der Waals surface area contributed by atoms with Crippen molar-refractivity contribution in [2.45, 2.75) is 56.7 Å². The van der Waals surface area contributed by atoms with Crippen LogP contribution in [0.2, 0.25) is 0 Å². The fourth-order valence-corrected chi connectivity index (χ4v) is 3.62. The van der Waals surface area contributed by atoms with Crippen LogP contribution in [0.4, 0.5) is 0 Å². The third-order valence-corrected chi connectivity index (χ3v) is 4.83. The van der Waals surface area contributed by atoms with Gasteiger partial charge >= 0.3 is 0 Å². The molecule has 2 fully saturated rings. The number of benzene rings is 1. The molecule has 5 nitrogen and oxygen atoms in total. The summed E-state index contributed by atoms with van der Waals surface area (Å²) in [5, 5.41) is 6.65. The fraction of sp³-hybridized carbons (Fsp3) is 0.556. The number of ether oxygens (including phenoxy) is 1. The quantitative estimate of drug-likeness (QED) is 0.788. The Balaban J connectivity index is 1.44. The number of ketones is 1. The maximum atomic E-state index is 12.1. The lowest BCUT2D eigenvalue weighted by molar-refractivity contribution is -0.122. The van der Waals surface area contributed by atoms with Crippen LogP contribution in [0.5, 0.6) is 5.75 Å². The smallest absolute Gasteiger partial charge is 0.220 e. The van der Waals surface area contributed by atoms with E-state index in [9.17, 15) is 9.59 Å². The number of nitrogens with one attached hydrogen (secondary N) is 2. The first-order chi connectivity index (χ1) is 11.1. The second-order valence-corrected chi connectivity index (χ2v) is 6.53. The number of hydrogen-bond donors (Lipinski definition) is 2. The first kappa shape index (κ1) is 16.0. The Hall–Kier alpha value is -1.88. The molecular weight excluding hydrogens is 292 g/mol. The van der Waals surface area contributed by atoms with Crippen molar-refractivity contribution in [2.24, 2.45) is 0 Å². The lowest BCUT2D eigenvalue weighted by Crippen LogP contribution is -2.48. The molecular formula is C18H24N2O3. The summed E-state index contributed by atoms with van der Waals surface area (Å²) >= 11 is 0. The van der Waals surface area contributed by atoms with E-state index in [0.29, 0.717) is 17.6 Å². The molecule has 0 aromatic heterocycles. The van der Waals surface area contributed by atoms with Crippen LogP contribution >= 0.6 is 0 Å². The number of fused-ring (bicyclic) bond motifs is 2. The van der Waals surface area contributed by atoms with Gasteiger partial charge in [0.05, 0.1) is 7.11 Å². The summed E-state index contributed by atoms with van der Waals surface area (Å²) in [7, 11) is 1.59. The molecule has 1 aromatic rings. The molecule has 2 bridgehead atoms. The molecule has 3 rings (SSSR count). The number of Topliss-reactive ketones (excluding diaryl/α,β-unsaturated/α-hetero) is 1. The number of rotatable bonds is 6. The third-order valence-electron chi connectivity index (χ3n) is 4.83. The van der Waals surface area contributed by atoms with E-state index in [4.69, 9.17) is 4.74 Å². The Morgan fingerprint density at radius 1 is 1.13 bits per heavy atom. The molecule has 5 heteroatoms. The zero-order valence-corrected chi connectivity index (χ0v) is 13.5. The Labute approximate surface area is 136 Å². The van der Waals surface area contributed by atoms with Crippen LogP contribution in [-0.4, -0.2) is 36.9 Å². The molecule has 23 heavy (non-hydrogen) atoms. The Kier molecular flexibility index (Phi) is 4.96. The van der Waals surface area contributed by atoms with Crippen LogP contribution in [0.25, 0.3) is 0 Å². The topological polar surface area (TPSA) is 67.4 Å². The molecule has 2 unspecified atom stereocenters. The molecule has 2 aliphatic heterocycles. The standard InChI is InChI=1S/C18H24N2O3/c1-23-16-6-2-12(3-7-16)17(21)8-9-18(22)20-15-10-13-4-5-14(11-15)19-13/h2-3,6-7,13-15,19H,4-5,8-11H2,1H3,(H,20,22). The van der Waals surface area contributed by atoms with Crippen molar-refractivity contribution in [1.82, 2.24) is 10.6 Å². The van der Waals surface area contributed by atoms with Gasteiger partial charge in [-0.2, -0.15) is 0 Å². The van der Waals surface area contributed by atoms with Gasteiger partial charge < -0.3 is 15.4 Å². The van der Waals surface area contributed by atoms with Crippen LogP contribution in [-0.2, 0) is 4.79 Å². The lowest BCUT2D eigenvalue weighted by atomic mass is 9.99. The third kappa shape index (κ3) is 4.10. The van der Waals surface area contributed by atoms with Gasteiger partial charge in [-0.25, -0.2) is 0 Å². The first-order valence-electron chi connectivity index (χ1n) is 8.36. The summed E-state index contributed by atoms with van der Waals surface area (Å²) in [5.41, 5.74) is 0.624. The van der Waals surface area contributed by atoms with E-state index in [0.717, 1.165) is 18.6 Å². The number of methoxy groups -OCH3 is 1. The molecule has 1 aromatic carbocycles. The number of amides is 1. The van der Waals surface area contributed by atoms with Gasteiger partial charge in [0, 0.05) is 36.5 Å². The normalized spacial score (nSPS) is 25.9. The van der Waals surface area contributed by atoms with Crippen LogP contribution < -0.4 is 15.4 Å². The molecule has 2 heterocycles. The van der Waals surface area contributed by atoms with Crippen molar-refractivity contribution in [1.29, 1.82) is 0 Å². The molecule has 2 saturated heterocycles. The van der Waals surface area contributed by atoms with E-state index in [1.54, 1.807) is 31.4 Å². The minimum absolute atomic E-state index is 0.00631. The molecule has 124 valence electrons. The van der Waals surface area contributed by atoms with Gasteiger partial charge in [-0.1, -0.05) is 0 Å². The van der Waals surface area contributed by atoms with Gasteiger partial charge in [-0.15, -0.1) is 0 Å². The SMILES string of the molecule is COc1ccc(C(=O)CCC(=O)NC2CC3CCC(C2)N3)cc1. The van der Waals surface area contributed by atoms with Gasteiger partial charge in [0.2, 0.25) is 5.91 Å². The number of carbonyl (C=O) groups is 2. The summed E-state index contributed by atoms with van der Waals surface area (Å²) in [4.78, 5) is 24.2. The van der Waals surface area contributed by atoms with Crippen molar-refractivity contribution < 1.29 is 14.3 Å². The summed E-state index contributed by atoms with van der Waals surface area (Å²) in [5.74, 6) is 0.700. The van der Waals surface area contributed by atoms with E-state index in [2.05, 4.69) is 10.6 Å². The van der Waals surface area contributed by atoms with Crippen molar-refractivity contribution in [3.05, 3.63) is 29.8 Å². The number of piperidine rings is 1. The molecule has 0 aliphatic carbocycles. The van der Waals surface area contributed by atoms with E-state index in [1.165, 1.54) is 12.8 Å². The first-order valence-corrected chi connectivity index (χ1v) is 8.36. The second-order valence-electron chi connectivity index (χ2n) is 6.53. The summed E-state index contributed by atoms with van der Waals surface area (Å²) in [6, 6.07) is 8.38. The van der Waals surface area contributed by atoms with Gasteiger partial charge in [0.1, 0.15) is 5.75 Å². The van der Waals surface area contributed by atoms with Crippen LogP contribution in [0.3, 0.4) is 0 Å². The predicted octanol–water partition coefficient (Wildman–Crippen LogP) is 2.06. The fourth-order valence-electron chi connectivity index (χ4n) is 3.62. The highest BCUT2D eigenvalue weighted by atomic mass is 16.5. The van der Waals surface area contributed by atoms with Crippen molar-refractivity contribution in [2.75, 3.05) is 7.11 Å². The predicted molar refractivity (Wildman–Crippen MR) is 87.7 cm³/mol. The zero-order valence-electron chi connectivity index (χ0n) is 13.5. The highest BCUT2D eigenvalue weighted by Crippen LogP contribution is 2.26. The van der Waals surface area contributed by atoms with Gasteiger partial charge in [0.25, 0.3) is 0 Å². The second kappa shape index (κ2) is 7.13. The number of carbonyl (C=O) groups excluding carboxylic acids is 2. The minimum atomic E-state index is -0.0156. The summed E-state index contributed by atoms with van der Waals surface area (Å²) in [6.45, 7) is 0. The molecule has 2 atom stereocenters. The summed E-state index contributed by atoms with van der Waals surface area (Å²) in [6.07, 6.45) is 4.95. The molecule has 0 spiro atoms. The van der Waals surface area contributed by atoms with Crippen LogP contribution in [0, 0.1) is 0 Å². The molecule has 0 radical (unpaired) electrons. The van der Waals surface area contributed by atoms with E-state index in [-0.39, 0.29) is 30.6 Å². The monoisotopic (exact) mass is 316 g/mol.